The van der Waals surface area contributed by atoms with Crippen molar-refractivity contribution in [2.24, 2.45) is 5.92 Å². The summed E-state index contributed by atoms with van der Waals surface area (Å²) in [5.41, 5.74) is 0.616. The second-order valence-electron chi connectivity index (χ2n) is 3.76. The van der Waals surface area contributed by atoms with Crippen molar-refractivity contribution in [1.82, 2.24) is 0 Å². The molecule has 0 bridgehead atoms. The highest BCUT2D eigenvalue weighted by molar-refractivity contribution is 9.10. The molecule has 0 aliphatic heterocycles. The molecule has 0 heterocycles. The predicted molar refractivity (Wildman–Crippen MR) is 64.6 cm³/mol. The molecular weight excluding hydrogens is 273 g/mol. The molecule has 0 saturated heterocycles. The Balaban J connectivity index is 2.03. The van der Waals surface area contributed by atoms with Crippen LogP contribution in [0.4, 0.5) is 10.1 Å². The van der Waals surface area contributed by atoms with Crippen LogP contribution in [0.3, 0.4) is 0 Å². The molecule has 0 unspecified atom stereocenters. The molecule has 0 saturated carbocycles. The minimum atomic E-state index is -0.333. The van der Waals surface area contributed by atoms with Crippen LogP contribution >= 0.6 is 15.9 Å². The molecule has 2 nitrogen and oxygen atoms in total. The highest BCUT2D eigenvalue weighted by atomic mass is 79.9. The molecule has 0 atom stereocenters. The van der Waals surface area contributed by atoms with E-state index >= 15 is 0 Å². The lowest BCUT2D eigenvalue weighted by molar-refractivity contribution is -0.119. The number of carbonyl (C=O) groups is 1. The zero-order chi connectivity index (χ0) is 11.5. The van der Waals surface area contributed by atoms with Crippen LogP contribution in [0.2, 0.25) is 0 Å². The van der Waals surface area contributed by atoms with Gasteiger partial charge in [0, 0.05) is 11.6 Å². The van der Waals surface area contributed by atoms with E-state index in [2.05, 4.69) is 21.2 Å². The number of rotatable bonds is 2. The Labute approximate surface area is 102 Å². The number of anilines is 1. The molecule has 1 aromatic rings. The Morgan fingerprint density at radius 1 is 1.38 bits per heavy atom. The first kappa shape index (κ1) is 11.3. The Bertz CT molecular complexity index is 437. The van der Waals surface area contributed by atoms with Crippen molar-refractivity contribution in [1.29, 1.82) is 0 Å². The lowest BCUT2D eigenvalue weighted by atomic mass is 10.1. The van der Waals surface area contributed by atoms with Crippen LogP contribution in [-0.4, -0.2) is 5.91 Å². The van der Waals surface area contributed by atoms with E-state index in [0.717, 1.165) is 12.8 Å². The molecule has 1 aliphatic rings. The average molecular weight is 284 g/mol. The number of allylic oxidation sites excluding steroid dienone is 2. The third kappa shape index (κ3) is 2.50. The number of nitrogens with one attached hydrogen (secondary N) is 1. The Morgan fingerprint density at radius 3 is 2.69 bits per heavy atom. The van der Waals surface area contributed by atoms with Crippen LogP contribution in [0.15, 0.2) is 34.8 Å². The number of hydrogen-bond donors (Lipinski definition) is 1. The summed E-state index contributed by atoms with van der Waals surface area (Å²) in [7, 11) is 0. The van der Waals surface area contributed by atoms with E-state index in [1.165, 1.54) is 6.07 Å². The predicted octanol–water partition coefficient (Wildman–Crippen LogP) is 3.49. The van der Waals surface area contributed by atoms with E-state index in [9.17, 15) is 9.18 Å². The molecule has 1 N–H and O–H groups in total. The maximum absolute atomic E-state index is 13.0. The van der Waals surface area contributed by atoms with Gasteiger partial charge < -0.3 is 5.32 Å². The zero-order valence-electron chi connectivity index (χ0n) is 8.54. The van der Waals surface area contributed by atoms with Gasteiger partial charge in [-0.05, 0) is 47.0 Å². The maximum Gasteiger partial charge on any atom is 0.228 e. The van der Waals surface area contributed by atoms with Gasteiger partial charge in [0.15, 0.2) is 0 Å². The van der Waals surface area contributed by atoms with Crippen molar-refractivity contribution in [3.05, 3.63) is 40.6 Å². The smallest absolute Gasteiger partial charge is 0.228 e. The standard InChI is InChI=1S/C12H11BrFNO/c13-10-7-9(5-6-11(10)14)15-12(16)8-3-1-2-4-8/h1-2,5-8H,3-4H2,(H,15,16). The largest absolute Gasteiger partial charge is 0.326 e. The van der Waals surface area contributed by atoms with E-state index in [0.29, 0.717) is 10.2 Å². The number of halogens is 2. The molecule has 1 aliphatic carbocycles. The number of benzene rings is 1. The van der Waals surface area contributed by atoms with Gasteiger partial charge in [0.2, 0.25) is 5.91 Å². The van der Waals surface area contributed by atoms with Gasteiger partial charge in [-0.1, -0.05) is 12.2 Å². The van der Waals surface area contributed by atoms with Crippen LogP contribution < -0.4 is 5.32 Å². The third-order valence-corrected chi connectivity index (χ3v) is 3.17. The van der Waals surface area contributed by atoms with Gasteiger partial charge in [0.1, 0.15) is 5.82 Å². The summed E-state index contributed by atoms with van der Waals surface area (Å²) in [6.07, 6.45) is 5.58. The number of hydrogen-bond acceptors (Lipinski definition) is 1. The monoisotopic (exact) mass is 283 g/mol. The maximum atomic E-state index is 13.0. The topological polar surface area (TPSA) is 29.1 Å². The summed E-state index contributed by atoms with van der Waals surface area (Å²) in [5, 5.41) is 2.78. The van der Waals surface area contributed by atoms with Gasteiger partial charge in [-0.2, -0.15) is 0 Å². The molecule has 0 fully saturated rings. The van der Waals surface area contributed by atoms with E-state index in [4.69, 9.17) is 0 Å². The van der Waals surface area contributed by atoms with Crippen LogP contribution in [-0.2, 0) is 4.79 Å². The summed E-state index contributed by atoms with van der Waals surface area (Å²) in [5.74, 6) is -0.326. The van der Waals surface area contributed by atoms with E-state index < -0.39 is 0 Å². The van der Waals surface area contributed by atoms with Crippen molar-refractivity contribution in [2.45, 2.75) is 12.8 Å². The van der Waals surface area contributed by atoms with Gasteiger partial charge in [-0.15, -0.1) is 0 Å². The molecule has 0 aromatic heterocycles. The van der Waals surface area contributed by atoms with Gasteiger partial charge in [-0.25, -0.2) is 4.39 Å². The van der Waals surface area contributed by atoms with Crippen molar-refractivity contribution in [2.75, 3.05) is 5.32 Å². The Morgan fingerprint density at radius 2 is 2.06 bits per heavy atom. The molecule has 0 spiro atoms. The molecule has 1 aromatic carbocycles. The summed E-state index contributed by atoms with van der Waals surface area (Å²) in [6.45, 7) is 0. The first-order chi connectivity index (χ1) is 7.66. The third-order valence-electron chi connectivity index (χ3n) is 2.57. The fourth-order valence-corrected chi connectivity index (χ4v) is 2.03. The van der Waals surface area contributed by atoms with Crippen LogP contribution in [0.5, 0.6) is 0 Å². The van der Waals surface area contributed by atoms with Gasteiger partial charge in [0.05, 0.1) is 4.47 Å². The lowest BCUT2D eigenvalue weighted by Gasteiger charge is -2.10. The van der Waals surface area contributed by atoms with Crippen LogP contribution in [0.1, 0.15) is 12.8 Å². The Kier molecular flexibility index (Phi) is 3.39. The van der Waals surface area contributed by atoms with Gasteiger partial charge >= 0.3 is 0 Å². The van der Waals surface area contributed by atoms with Crippen molar-refractivity contribution in [3.63, 3.8) is 0 Å². The number of carbonyl (C=O) groups excluding carboxylic acids is 1. The first-order valence-corrected chi connectivity index (χ1v) is 5.87. The summed E-state index contributed by atoms with van der Waals surface area (Å²) >= 11 is 3.08. The second kappa shape index (κ2) is 4.78. The van der Waals surface area contributed by atoms with Crippen molar-refractivity contribution >= 4 is 27.5 Å². The molecular formula is C12H11BrFNO. The summed E-state index contributed by atoms with van der Waals surface area (Å²) < 4.78 is 13.3. The van der Waals surface area contributed by atoms with Gasteiger partial charge in [-0.3, -0.25) is 4.79 Å². The first-order valence-electron chi connectivity index (χ1n) is 5.08. The fraction of sp³-hybridized carbons (Fsp3) is 0.250. The average Bonchev–Trinajstić information content (AvgIpc) is 2.77. The SMILES string of the molecule is O=C(Nc1ccc(F)c(Br)c1)C1CC=CC1. The van der Waals surface area contributed by atoms with E-state index in [-0.39, 0.29) is 17.6 Å². The van der Waals surface area contributed by atoms with E-state index in [1.54, 1.807) is 12.1 Å². The summed E-state index contributed by atoms with van der Waals surface area (Å²) in [6, 6.07) is 4.45. The van der Waals surface area contributed by atoms with Crippen LogP contribution in [0, 0.1) is 11.7 Å². The summed E-state index contributed by atoms with van der Waals surface area (Å²) in [4.78, 5) is 11.8. The van der Waals surface area contributed by atoms with Crippen molar-refractivity contribution < 1.29 is 9.18 Å². The number of amides is 1. The lowest BCUT2D eigenvalue weighted by Crippen LogP contribution is -2.20. The highest BCUT2D eigenvalue weighted by Gasteiger charge is 2.19. The minimum absolute atomic E-state index is 0.0106. The zero-order valence-corrected chi connectivity index (χ0v) is 10.1. The molecule has 1 amide bonds. The van der Waals surface area contributed by atoms with Gasteiger partial charge in [0.25, 0.3) is 0 Å². The highest BCUT2D eigenvalue weighted by Crippen LogP contribution is 2.23. The quantitative estimate of drug-likeness (QED) is 0.827. The molecule has 4 heteroatoms. The minimum Gasteiger partial charge on any atom is -0.326 e. The van der Waals surface area contributed by atoms with Crippen LogP contribution in [0.25, 0.3) is 0 Å². The second-order valence-corrected chi connectivity index (χ2v) is 4.61. The van der Waals surface area contributed by atoms with Crippen molar-refractivity contribution in [3.8, 4) is 0 Å². The molecule has 2 rings (SSSR count). The molecule has 0 radical (unpaired) electrons. The fourth-order valence-electron chi connectivity index (χ4n) is 1.65. The van der Waals surface area contributed by atoms with E-state index in [1.807, 2.05) is 12.2 Å². The molecule has 84 valence electrons. The normalized spacial score (nSPS) is 15.4. The Hall–Kier alpha value is -1.16. The molecule has 16 heavy (non-hydrogen) atoms.